The molecule has 0 bridgehead atoms. The lowest BCUT2D eigenvalue weighted by atomic mass is 10.1. The number of amides is 2. The van der Waals surface area contributed by atoms with Gasteiger partial charge in [-0.25, -0.2) is 8.42 Å². The van der Waals surface area contributed by atoms with E-state index in [9.17, 15) is 18.0 Å². The molecule has 0 aliphatic carbocycles. The van der Waals surface area contributed by atoms with Crippen molar-refractivity contribution in [3.8, 4) is 0 Å². The maximum Gasteiger partial charge on any atom is 0.260 e. The van der Waals surface area contributed by atoms with Crippen molar-refractivity contribution in [3.05, 3.63) is 52.0 Å². The Kier molecular flexibility index (Phi) is 5.73. The van der Waals surface area contributed by atoms with E-state index < -0.39 is 15.9 Å². The maximum atomic E-state index is 13.3. The molecule has 4 rings (SSSR count). The second-order valence-electron chi connectivity index (χ2n) is 6.74. The topological polar surface area (TPSA) is 96.0 Å². The first-order valence-electron chi connectivity index (χ1n) is 9.07. The molecule has 0 radical (unpaired) electrons. The summed E-state index contributed by atoms with van der Waals surface area (Å²) in [5.74, 6) is -0.967. The van der Waals surface area contributed by atoms with Crippen LogP contribution in [0.2, 0.25) is 10.0 Å². The van der Waals surface area contributed by atoms with Gasteiger partial charge in [0.15, 0.2) is 0 Å². The number of anilines is 2. The van der Waals surface area contributed by atoms with Crippen molar-refractivity contribution in [2.45, 2.75) is 4.90 Å². The number of ether oxygens (including phenoxy) is 1. The fraction of sp³-hybridized carbons (Fsp3) is 0.263. The van der Waals surface area contributed by atoms with Gasteiger partial charge >= 0.3 is 0 Å². The Morgan fingerprint density at radius 1 is 1.07 bits per heavy atom. The smallest absolute Gasteiger partial charge is 0.260 e. The summed E-state index contributed by atoms with van der Waals surface area (Å²) in [6, 6.07) is 9.22. The number of hydrogen-bond acceptors (Lipinski definition) is 5. The number of hydrogen-bond donors (Lipinski definition) is 1. The van der Waals surface area contributed by atoms with Gasteiger partial charge in [0.05, 0.1) is 40.2 Å². The van der Waals surface area contributed by atoms with E-state index in [1.54, 1.807) is 24.3 Å². The van der Waals surface area contributed by atoms with Crippen LogP contribution in [0.4, 0.5) is 11.4 Å². The van der Waals surface area contributed by atoms with Crippen molar-refractivity contribution in [2.24, 2.45) is 0 Å². The average Bonchev–Trinajstić information content (AvgIpc) is 2.73. The van der Waals surface area contributed by atoms with Gasteiger partial charge in [-0.05, 0) is 24.3 Å². The summed E-state index contributed by atoms with van der Waals surface area (Å²) in [5.41, 5.74) is 0.913. The van der Waals surface area contributed by atoms with Crippen LogP contribution in [-0.2, 0) is 19.6 Å². The number of nitrogens with one attached hydrogen (secondary N) is 1. The van der Waals surface area contributed by atoms with Crippen molar-refractivity contribution in [1.82, 2.24) is 4.31 Å². The molecule has 158 valence electrons. The minimum absolute atomic E-state index is 0.00519. The van der Waals surface area contributed by atoms with Crippen LogP contribution in [0, 0.1) is 0 Å². The molecule has 0 saturated carbocycles. The second-order valence-corrected chi connectivity index (χ2v) is 9.46. The van der Waals surface area contributed by atoms with Gasteiger partial charge in [0, 0.05) is 13.1 Å². The first-order valence-corrected chi connectivity index (χ1v) is 11.3. The first kappa shape index (κ1) is 21.1. The standard InChI is InChI=1S/C19H17Cl2N3O5S/c20-13-10-14(21)17(30(27,28)23-5-7-29-8-6-23)9-12(13)19(26)24-11-18(25)22-15-3-1-2-4-16(15)24/h1-4,9-10H,5-8,11H2,(H,22,25). The van der Waals surface area contributed by atoms with E-state index >= 15 is 0 Å². The number of rotatable bonds is 3. The fourth-order valence-electron chi connectivity index (χ4n) is 3.38. The van der Waals surface area contributed by atoms with Crippen LogP contribution in [-0.4, -0.2) is 57.4 Å². The third kappa shape index (κ3) is 3.79. The van der Waals surface area contributed by atoms with E-state index in [1.165, 1.54) is 21.3 Å². The SMILES string of the molecule is O=C1CN(C(=O)c2cc(S(=O)(=O)N3CCOCC3)c(Cl)cc2Cl)c2ccccc2N1. The monoisotopic (exact) mass is 469 g/mol. The molecule has 11 heteroatoms. The minimum Gasteiger partial charge on any atom is -0.379 e. The van der Waals surface area contributed by atoms with Crippen molar-refractivity contribution in [2.75, 3.05) is 43.1 Å². The van der Waals surface area contributed by atoms with Gasteiger partial charge in [-0.3, -0.25) is 14.5 Å². The molecule has 1 fully saturated rings. The molecule has 2 amide bonds. The number of nitrogens with zero attached hydrogens (tertiary/aromatic N) is 2. The van der Waals surface area contributed by atoms with Crippen LogP contribution < -0.4 is 10.2 Å². The molecule has 2 heterocycles. The highest BCUT2D eigenvalue weighted by atomic mass is 35.5. The van der Waals surface area contributed by atoms with E-state index in [2.05, 4.69) is 5.32 Å². The van der Waals surface area contributed by atoms with Gasteiger partial charge < -0.3 is 10.1 Å². The predicted molar refractivity (Wildman–Crippen MR) is 113 cm³/mol. The van der Waals surface area contributed by atoms with E-state index in [0.717, 1.165) is 0 Å². The quantitative estimate of drug-likeness (QED) is 0.744. The Morgan fingerprint density at radius 2 is 1.77 bits per heavy atom. The zero-order chi connectivity index (χ0) is 21.5. The first-order chi connectivity index (χ1) is 14.3. The Balaban J connectivity index is 1.76. The van der Waals surface area contributed by atoms with Crippen molar-refractivity contribution in [3.63, 3.8) is 0 Å². The largest absolute Gasteiger partial charge is 0.379 e. The third-order valence-corrected chi connectivity index (χ3v) is 7.53. The molecular weight excluding hydrogens is 453 g/mol. The van der Waals surface area contributed by atoms with Gasteiger partial charge in [-0.15, -0.1) is 0 Å². The van der Waals surface area contributed by atoms with Gasteiger partial charge in [0.2, 0.25) is 15.9 Å². The van der Waals surface area contributed by atoms with Gasteiger partial charge in [0.25, 0.3) is 5.91 Å². The van der Waals surface area contributed by atoms with Crippen molar-refractivity contribution in [1.29, 1.82) is 0 Å². The number of carbonyl (C=O) groups excluding carboxylic acids is 2. The lowest BCUT2D eigenvalue weighted by Crippen LogP contribution is -2.42. The lowest BCUT2D eigenvalue weighted by molar-refractivity contribution is -0.115. The van der Waals surface area contributed by atoms with Gasteiger partial charge in [-0.1, -0.05) is 35.3 Å². The van der Waals surface area contributed by atoms with E-state index in [0.29, 0.717) is 11.4 Å². The minimum atomic E-state index is -3.95. The van der Waals surface area contributed by atoms with Crippen LogP contribution in [0.5, 0.6) is 0 Å². The highest BCUT2D eigenvalue weighted by molar-refractivity contribution is 7.89. The molecular formula is C19H17Cl2N3O5S. The Labute approximate surface area is 183 Å². The molecule has 2 aromatic carbocycles. The van der Waals surface area contributed by atoms with E-state index in [4.69, 9.17) is 27.9 Å². The number of carbonyl (C=O) groups is 2. The fourth-order valence-corrected chi connectivity index (χ4v) is 5.61. The molecule has 2 aromatic rings. The molecule has 0 spiro atoms. The molecule has 1 N–H and O–H groups in total. The highest BCUT2D eigenvalue weighted by Gasteiger charge is 2.33. The van der Waals surface area contributed by atoms with Crippen LogP contribution >= 0.6 is 23.2 Å². The lowest BCUT2D eigenvalue weighted by Gasteiger charge is -2.30. The van der Waals surface area contributed by atoms with E-state index in [-0.39, 0.29) is 59.3 Å². The molecule has 0 aromatic heterocycles. The number of morpholine rings is 1. The van der Waals surface area contributed by atoms with Crippen LogP contribution in [0.3, 0.4) is 0 Å². The molecule has 0 atom stereocenters. The summed E-state index contributed by atoms with van der Waals surface area (Å²) in [6.45, 7) is 0.695. The molecule has 8 nitrogen and oxygen atoms in total. The summed E-state index contributed by atoms with van der Waals surface area (Å²) < 4.78 is 32.6. The predicted octanol–water partition coefficient (Wildman–Crippen LogP) is 2.61. The Morgan fingerprint density at radius 3 is 2.50 bits per heavy atom. The zero-order valence-corrected chi connectivity index (χ0v) is 17.9. The van der Waals surface area contributed by atoms with Gasteiger partial charge in [-0.2, -0.15) is 4.31 Å². The molecule has 1 saturated heterocycles. The third-order valence-electron chi connectivity index (χ3n) is 4.86. The average molecular weight is 470 g/mol. The Hall–Kier alpha value is -2.17. The zero-order valence-electron chi connectivity index (χ0n) is 15.6. The summed E-state index contributed by atoms with van der Waals surface area (Å²) in [7, 11) is -3.95. The molecule has 2 aliphatic heterocycles. The van der Waals surface area contributed by atoms with Crippen LogP contribution in [0.1, 0.15) is 10.4 Å². The highest BCUT2D eigenvalue weighted by Crippen LogP contribution is 2.35. The number of sulfonamides is 1. The Bertz CT molecular complexity index is 1130. The van der Waals surface area contributed by atoms with Crippen LogP contribution in [0.15, 0.2) is 41.3 Å². The van der Waals surface area contributed by atoms with Crippen molar-refractivity contribution >= 4 is 56.4 Å². The number of benzene rings is 2. The van der Waals surface area contributed by atoms with Gasteiger partial charge in [0.1, 0.15) is 11.4 Å². The maximum absolute atomic E-state index is 13.3. The second kappa shape index (κ2) is 8.16. The number of fused-ring (bicyclic) bond motifs is 1. The summed E-state index contributed by atoms with van der Waals surface area (Å²) in [6.07, 6.45) is 0. The normalized spacial score (nSPS) is 17.4. The number of para-hydroxylation sites is 2. The van der Waals surface area contributed by atoms with Crippen LogP contribution in [0.25, 0.3) is 0 Å². The summed E-state index contributed by atoms with van der Waals surface area (Å²) in [4.78, 5) is 26.4. The van der Waals surface area contributed by atoms with E-state index in [1.807, 2.05) is 0 Å². The van der Waals surface area contributed by atoms with Crippen molar-refractivity contribution < 1.29 is 22.7 Å². The molecule has 30 heavy (non-hydrogen) atoms. The number of halogens is 2. The molecule has 0 unspecified atom stereocenters. The summed E-state index contributed by atoms with van der Waals surface area (Å²) >= 11 is 12.4. The summed E-state index contributed by atoms with van der Waals surface area (Å²) in [5, 5.41) is 2.61. The molecule has 2 aliphatic rings.